The van der Waals surface area contributed by atoms with E-state index in [-0.39, 0.29) is 6.04 Å². The Hall–Kier alpha value is -0.580. The first kappa shape index (κ1) is 11.9. The van der Waals surface area contributed by atoms with Crippen molar-refractivity contribution in [2.24, 2.45) is 5.73 Å². The summed E-state index contributed by atoms with van der Waals surface area (Å²) in [6.07, 6.45) is 3.30. The Bertz CT molecular complexity index is 494. The van der Waals surface area contributed by atoms with Crippen molar-refractivity contribution in [3.05, 3.63) is 56.4 Å². The lowest BCUT2D eigenvalue weighted by Gasteiger charge is -2.13. The van der Waals surface area contributed by atoms with Gasteiger partial charge in [-0.3, -0.25) is 0 Å². The van der Waals surface area contributed by atoms with Crippen molar-refractivity contribution >= 4 is 31.9 Å². The molecule has 0 saturated heterocycles. The number of nitrogens with two attached hydrogens (primary N) is 1. The Morgan fingerprint density at radius 1 is 1.25 bits per heavy atom. The molecule has 2 rings (SSSR count). The van der Waals surface area contributed by atoms with Gasteiger partial charge in [-0.1, -0.05) is 31.9 Å². The van der Waals surface area contributed by atoms with Crippen LogP contribution in [-0.2, 0) is 0 Å². The largest absolute Gasteiger partial charge is 0.472 e. The summed E-state index contributed by atoms with van der Waals surface area (Å²) in [7, 11) is 0. The van der Waals surface area contributed by atoms with Crippen LogP contribution in [0.1, 0.15) is 22.7 Å². The van der Waals surface area contributed by atoms with Gasteiger partial charge in [-0.15, -0.1) is 0 Å². The van der Waals surface area contributed by atoms with Gasteiger partial charge in [0.25, 0.3) is 0 Å². The molecule has 0 saturated carbocycles. The molecule has 0 spiro atoms. The van der Waals surface area contributed by atoms with Crippen LogP contribution in [0.5, 0.6) is 0 Å². The summed E-state index contributed by atoms with van der Waals surface area (Å²) in [6, 6.07) is 5.80. The highest BCUT2D eigenvalue weighted by molar-refractivity contribution is 9.11. The number of rotatable bonds is 2. The fourth-order valence-corrected chi connectivity index (χ4v) is 2.60. The highest BCUT2D eigenvalue weighted by Crippen LogP contribution is 2.31. The van der Waals surface area contributed by atoms with Gasteiger partial charge < -0.3 is 10.2 Å². The van der Waals surface area contributed by atoms with Gasteiger partial charge in [-0.2, -0.15) is 0 Å². The summed E-state index contributed by atoms with van der Waals surface area (Å²) in [5.41, 5.74) is 9.36. The lowest BCUT2D eigenvalue weighted by atomic mass is 10.0. The molecule has 2 aromatic rings. The van der Waals surface area contributed by atoms with Crippen LogP contribution in [0.15, 0.2) is 44.1 Å². The third-order valence-electron chi connectivity index (χ3n) is 2.52. The normalized spacial score (nSPS) is 12.8. The van der Waals surface area contributed by atoms with Gasteiger partial charge in [0.15, 0.2) is 0 Å². The van der Waals surface area contributed by atoms with E-state index < -0.39 is 0 Å². The number of benzene rings is 1. The molecular formula is C12H11Br2NO. The summed E-state index contributed by atoms with van der Waals surface area (Å²) in [5.74, 6) is 0. The van der Waals surface area contributed by atoms with Gasteiger partial charge in [0.2, 0.25) is 0 Å². The van der Waals surface area contributed by atoms with Crippen LogP contribution in [0.25, 0.3) is 0 Å². The lowest BCUT2D eigenvalue weighted by Crippen LogP contribution is -2.11. The van der Waals surface area contributed by atoms with Gasteiger partial charge >= 0.3 is 0 Å². The topological polar surface area (TPSA) is 39.2 Å². The van der Waals surface area contributed by atoms with E-state index in [0.29, 0.717) is 0 Å². The average Bonchev–Trinajstić information content (AvgIpc) is 2.75. The number of furan rings is 1. The Kier molecular flexibility index (Phi) is 3.52. The lowest BCUT2D eigenvalue weighted by molar-refractivity contribution is 0.562. The van der Waals surface area contributed by atoms with Gasteiger partial charge in [0.05, 0.1) is 18.6 Å². The maximum Gasteiger partial charge on any atom is 0.0953 e. The fraction of sp³-hybridized carbons (Fsp3) is 0.167. The highest BCUT2D eigenvalue weighted by atomic mass is 79.9. The fourth-order valence-electron chi connectivity index (χ4n) is 1.53. The molecule has 4 heteroatoms. The van der Waals surface area contributed by atoms with E-state index in [1.165, 1.54) is 5.56 Å². The van der Waals surface area contributed by atoms with Crippen LogP contribution in [0.3, 0.4) is 0 Å². The molecule has 0 fully saturated rings. The molecule has 0 aliphatic carbocycles. The summed E-state index contributed by atoms with van der Waals surface area (Å²) < 4.78 is 7.12. The van der Waals surface area contributed by atoms with Gasteiger partial charge in [-0.05, 0) is 36.2 Å². The Morgan fingerprint density at radius 2 is 2.00 bits per heavy atom. The molecule has 84 valence electrons. The van der Waals surface area contributed by atoms with E-state index in [9.17, 15) is 0 Å². The van der Waals surface area contributed by atoms with Gasteiger partial charge in [-0.25, -0.2) is 0 Å². The maximum atomic E-state index is 6.17. The second-order valence-electron chi connectivity index (χ2n) is 3.66. The second-order valence-corrected chi connectivity index (χ2v) is 5.37. The zero-order valence-corrected chi connectivity index (χ0v) is 11.9. The third-order valence-corrected chi connectivity index (χ3v) is 4.06. The smallest absolute Gasteiger partial charge is 0.0953 e. The molecule has 2 N–H and O–H groups in total. The maximum absolute atomic E-state index is 6.17. The number of hydrogen-bond donors (Lipinski definition) is 1. The molecule has 1 atom stereocenters. The molecule has 1 aromatic heterocycles. The molecule has 2 nitrogen and oxygen atoms in total. The molecule has 0 aliphatic heterocycles. The van der Waals surface area contributed by atoms with Crippen LogP contribution in [0.4, 0.5) is 0 Å². The van der Waals surface area contributed by atoms with Crippen LogP contribution in [0.2, 0.25) is 0 Å². The van der Waals surface area contributed by atoms with Gasteiger partial charge in [0, 0.05) is 14.5 Å². The molecule has 0 amide bonds. The standard InChI is InChI=1S/C12H11Br2NO/c1-7-4-11(14)9(5-10(7)13)12(15)8-2-3-16-6-8/h2-6,12H,15H2,1H3. The van der Waals surface area contributed by atoms with Crippen molar-refractivity contribution in [2.75, 3.05) is 0 Å². The zero-order valence-electron chi connectivity index (χ0n) is 8.71. The second kappa shape index (κ2) is 4.73. The van der Waals surface area contributed by atoms with Crippen molar-refractivity contribution in [1.82, 2.24) is 0 Å². The van der Waals surface area contributed by atoms with Gasteiger partial charge in [0.1, 0.15) is 0 Å². The van der Waals surface area contributed by atoms with Crippen LogP contribution in [-0.4, -0.2) is 0 Å². The van der Waals surface area contributed by atoms with Crippen molar-refractivity contribution in [3.8, 4) is 0 Å². The van der Waals surface area contributed by atoms with Crippen LogP contribution in [0, 0.1) is 6.92 Å². The first-order chi connectivity index (χ1) is 7.59. The van der Waals surface area contributed by atoms with E-state index in [2.05, 4.69) is 37.9 Å². The Balaban J connectivity index is 2.44. The summed E-state index contributed by atoms with van der Waals surface area (Å²) in [5, 5.41) is 0. The molecule has 1 unspecified atom stereocenters. The monoisotopic (exact) mass is 343 g/mol. The van der Waals surface area contributed by atoms with Crippen LogP contribution >= 0.6 is 31.9 Å². The SMILES string of the molecule is Cc1cc(Br)c(C(N)c2ccoc2)cc1Br. The van der Waals surface area contributed by atoms with Crippen LogP contribution < -0.4 is 5.73 Å². The van der Waals surface area contributed by atoms with Crippen molar-refractivity contribution in [3.63, 3.8) is 0 Å². The van der Waals surface area contributed by atoms with E-state index in [4.69, 9.17) is 10.2 Å². The molecule has 16 heavy (non-hydrogen) atoms. The number of halogens is 2. The molecule has 1 heterocycles. The summed E-state index contributed by atoms with van der Waals surface area (Å²) in [6.45, 7) is 2.04. The molecule has 0 bridgehead atoms. The van der Waals surface area contributed by atoms with Crippen molar-refractivity contribution in [1.29, 1.82) is 0 Å². The number of hydrogen-bond acceptors (Lipinski definition) is 2. The van der Waals surface area contributed by atoms with Crippen molar-refractivity contribution in [2.45, 2.75) is 13.0 Å². The Morgan fingerprint density at radius 3 is 2.62 bits per heavy atom. The summed E-state index contributed by atoms with van der Waals surface area (Å²) >= 11 is 7.05. The highest BCUT2D eigenvalue weighted by Gasteiger charge is 2.14. The molecular weight excluding hydrogens is 334 g/mol. The van der Waals surface area contributed by atoms with Crippen molar-refractivity contribution < 1.29 is 4.42 Å². The minimum absolute atomic E-state index is 0.176. The van der Waals surface area contributed by atoms with E-state index >= 15 is 0 Å². The quantitative estimate of drug-likeness (QED) is 0.888. The molecule has 0 aliphatic rings. The Labute approximate surface area is 111 Å². The third kappa shape index (κ3) is 2.24. The summed E-state index contributed by atoms with van der Waals surface area (Å²) in [4.78, 5) is 0. The van der Waals surface area contributed by atoms with E-state index in [1.54, 1.807) is 12.5 Å². The zero-order chi connectivity index (χ0) is 11.7. The predicted molar refractivity (Wildman–Crippen MR) is 71.3 cm³/mol. The minimum atomic E-state index is -0.176. The first-order valence-corrected chi connectivity index (χ1v) is 6.41. The number of aryl methyl sites for hydroxylation is 1. The molecule has 1 aromatic carbocycles. The van der Waals surface area contributed by atoms with E-state index in [0.717, 1.165) is 20.1 Å². The minimum Gasteiger partial charge on any atom is -0.472 e. The van der Waals surface area contributed by atoms with E-state index in [1.807, 2.05) is 19.1 Å². The average molecular weight is 345 g/mol. The predicted octanol–water partition coefficient (Wildman–Crippen LogP) is 4.16. The molecule has 0 radical (unpaired) electrons. The first-order valence-electron chi connectivity index (χ1n) is 4.83.